The first-order valence-electron chi connectivity index (χ1n) is 3.17. The summed E-state index contributed by atoms with van der Waals surface area (Å²) in [5, 5.41) is 10.7. The minimum absolute atomic E-state index is 0.0492. The number of ether oxygens (including phenoxy) is 1. The second-order valence-corrected chi connectivity index (χ2v) is 1.84. The molecule has 0 fully saturated rings. The van der Waals surface area contributed by atoms with Gasteiger partial charge in [0.05, 0.1) is 12.9 Å². The number of esters is 1. The molecule has 4 nitrogen and oxygen atoms in total. The van der Waals surface area contributed by atoms with Gasteiger partial charge in [0, 0.05) is 0 Å². The van der Waals surface area contributed by atoms with Gasteiger partial charge < -0.3 is 9.15 Å². The Hall–Kier alpha value is -1.45. The Morgan fingerprint density at radius 2 is 2.45 bits per heavy atom. The lowest BCUT2D eigenvalue weighted by Crippen LogP contribution is -2.02. The Morgan fingerprint density at radius 1 is 1.73 bits per heavy atom. The molecule has 59 valence electrons. The molecule has 0 unspecified atom stereocenters. The first-order chi connectivity index (χ1) is 5.25. The van der Waals surface area contributed by atoms with Crippen molar-refractivity contribution in [3.05, 3.63) is 17.9 Å². The SMILES string of the molecule is CCOC(=O)c1ccoc1[O]. The smallest absolute Gasteiger partial charge is 0.350 e. The lowest BCUT2D eigenvalue weighted by Gasteiger charge is -1.95. The first-order valence-corrected chi connectivity index (χ1v) is 3.17. The molecule has 0 saturated carbocycles. The van der Waals surface area contributed by atoms with Gasteiger partial charge in [-0.1, -0.05) is 0 Å². The van der Waals surface area contributed by atoms with E-state index >= 15 is 0 Å². The fraction of sp³-hybridized carbons (Fsp3) is 0.286. The first kappa shape index (κ1) is 7.65. The summed E-state index contributed by atoms with van der Waals surface area (Å²) < 4.78 is 8.94. The van der Waals surface area contributed by atoms with Gasteiger partial charge in [-0.25, -0.2) is 9.90 Å². The summed E-state index contributed by atoms with van der Waals surface area (Å²) >= 11 is 0. The van der Waals surface area contributed by atoms with Gasteiger partial charge in [0.15, 0.2) is 0 Å². The minimum Gasteiger partial charge on any atom is -0.462 e. The van der Waals surface area contributed by atoms with E-state index in [0.29, 0.717) is 0 Å². The van der Waals surface area contributed by atoms with E-state index in [1.54, 1.807) is 6.92 Å². The molecule has 0 aliphatic heterocycles. The zero-order valence-corrected chi connectivity index (χ0v) is 5.99. The van der Waals surface area contributed by atoms with E-state index in [-0.39, 0.29) is 12.2 Å². The van der Waals surface area contributed by atoms with Crippen LogP contribution in [-0.2, 0) is 9.84 Å². The Bertz CT molecular complexity index is 251. The van der Waals surface area contributed by atoms with Crippen LogP contribution in [0.3, 0.4) is 0 Å². The van der Waals surface area contributed by atoms with Gasteiger partial charge in [-0.15, -0.1) is 0 Å². The molecule has 0 atom stereocenters. The summed E-state index contributed by atoms with van der Waals surface area (Å²) in [5.41, 5.74) is -0.0492. The summed E-state index contributed by atoms with van der Waals surface area (Å²) in [6, 6.07) is 1.29. The highest BCUT2D eigenvalue weighted by molar-refractivity contribution is 5.91. The van der Waals surface area contributed by atoms with E-state index in [1.165, 1.54) is 6.07 Å². The average Bonchev–Trinajstić information content (AvgIpc) is 2.36. The number of hydrogen-bond acceptors (Lipinski definition) is 3. The van der Waals surface area contributed by atoms with E-state index in [9.17, 15) is 9.90 Å². The molecular formula is C7H7O4. The van der Waals surface area contributed by atoms with Crippen LogP contribution >= 0.6 is 0 Å². The predicted octanol–water partition coefficient (Wildman–Crippen LogP) is 1.60. The summed E-state index contributed by atoms with van der Waals surface area (Å²) in [6.07, 6.45) is 1.16. The molecule has 0 N–H and O–H groups in total. The van der Waals surface area contributed by atoms with Crippen LogP contribution in [0.15, 0.2) is 16.7 Å². The Labute approximate surface area is 63.4 Å². The highest BCUT2D eigenvalue weighted by Crippen LogP contribution is 2.18. The summed E-state index contributed by atoms with van der Waals surface area (Å²) in [5.74, 6) is -1.28. The molecule has 1 radical (unpaired) electrons. The van der Waals surface area contributed by atoms with Crippen molar-refractivity contribution in [2.45, 2.75) is 6.92 Å². The second-order valence-electron chi connectivity index (χ2n) is 1.84. The molecule has 0 amide bonds. The van der Waals surface area contributed by atoms with Gasteiger partial charge >= 0.3 is 11.9 Å². The van der Waals surface area contributed by atoms with Crippen LogP contribution < -0.4 is 0 Å². The van der Waals surface area contributed by atoms with Crippen molar-refractivity contribution in [2.24, 2.45) is 0 Å². The standard InChI is InChI=1S/C7H7O4/c1-2-10-6(8)5-3-4-11-7(5)9/h3-4H,2H2,1H3. The lowest BCUT2D eigenvalue weighted by atomic mass is 10.3. The van der Waals surface area contributed by atoms with E-state index < -0.39 is 11.9 Å². The van der Waals surface area contributed by atoms with Gasteiger partial charge in [0.2, 0.25) is 0 Å². The fourth-order valence-corrected chi connectivity index (χ4v) is 0.656. The Balaban J connectivity index is 2.76. The van der Waals surface area contributed by atoms with Crippen LogP contribution in [0.25, 0.3) is 0 Å². The van der Waals surface area contributed by atoms with Crippen LogP contribution in [0.2, 0.25) is 0 Å². The molecule has 0 spiro atoms. The highest BCUT2D eigenvalue weighted by atomic mass is 16.5. The molecule has 4 heteroatoms. The van der Waals surface area contributed by atoms with Crippen LogP contribution in [0, 0.1) is 0 Å². The van der Waals surface area contributed by atoms with Crippen LogP contribution in [0.1, 0.15) is 17.3 Å². The van der Waals surface area contributed by atoms with Crippen LogP contribution in [-0.4, -0.2) is 12.6 Å². The number of carbonyl (C=O) groups excluding carboxylic acids is 1. The molecule has 0 aromatic carbocycles. The Morgan fingerprint density at radius 3 is 2.91 bits per heavy atom. The van der Waals surface area contributed by atoms with Gasteiger partial charge in [0.25, 0.3) is 0 Å². The quantitative estimate of drug-likeness (QED) is 0.609. The average molecular weight is 155 g/mol. The largest absolute Gasteiger partial charge is 0.462 e. The molecule has 0 bridgehead atoms. The van der Waals surface area contributed by atoms with Gasteiger partial charge in [-0.3, -0.25) is 0 Å². The molecule has 11 heavy (non-hydrogen) atoms. The molecular weight excluding hydrogens is 148 g/mol. The maximum atomic E-state index is 10.8. The van der Waals surface area contributed by atoms with Crippen LogP contribution in [0.5, 0.6) is 5.95 Å². The maximum Gasteiger partial charge on any atom is 0.350 e. The predicted molar refractivity (Wildman–Crippen MR) is 34.8 cm³/mol. The molecule has 0 aliphatic carbocycles. The summed E-state index contributed by atoms with van der Waals surface area (Å²) in [6.45, 7) is 1.92. The van der Waals surface area contributed by atoms with Crippen LogP contribution in [0.4, 0.5) is 0 Å². The molecule has 0 saturated heterocycles. The zero-order valence-electron chi connectivity index (χ0n) is 5.99. The molecule has 1 aromatic rings. The van der Waals surface area contributed by atoms with Crippen molar-refractivity contribution >= 4 is 5.97 Å². The van der Waals surface area contributed by atoms with Gasteiger partial charge in [-0.05, 0) is 13.0 Å². The van der Waals surface area contributed by atoms with E-state index in [1.807, 2.05) is 0 Å². The van der Waals surface area contributed by atoms with Crippen molar-refractivity contribution < 1.29 is 19.1 Å². The van der Waals surface area contributed by atoms with Gasteiger partial charge in [0.1, 0.15) is 5.56 Å². The monoisotopic (exact) mass is 155 g/mol. The van der Waals surface area contributed by atoms with E-state index in [0.717, 1.165) is 6.26 Å². The molecule has 1 aromatic heterocycles. The number of rotatable bonds is 2. The third-order valence-electron chi connectivity index (χ3n) is 1.13. The zero-order chi connectivity index (χ0) is 8.27. The van der Waals surface area contributed by atoms with E-state index in [4.69, 9.17) is 0 Å². The topological polar surface area (TPSA) is 59.3 Å². The molecule has 0 aliphatic rings. The van der Waals surface area contributed by atoms with Crippen molar-refractivity contribution in [1.29, 1.82) is 0 Å². The van der Waals surface area contributed by atoms with Crippen molar-refractivity contribution in [3.63, 3.8) is 0 Å². The van der Waals surface area contributed by atoms with Gasteiger partial charge in [-0.2, -0.15) is 0 Å². The lowest BCUT2D eigenvalue weighted by molar-refractivity contribution is 0.0517. The maximum absolute atomic E-state index is 10.8. The third-order valence-corrected chi connectivity index (χ3v) is 1.13. The highest BCUT2D eigenvalue weighted by Gasteiger charge is 2.15. The van der Waals surface area contributed by atoms with Crippen molar-refractivity contribution in [2.75, 3.05) is 6.61 Å². The van der Waals surface area contributed by atoms with E-state index in [2.05, 4.69) is 9.15 Å². The number of hydrogen-bond donors (Lipinski definition) is 0. The molecule has 1 rings (SSSR count). The Kier molecular flexibility index (Phi) is 2.15. The summed E-state index contributed by atoms with van der Waals surface area (Å²) in [4.78, 5) is 10.8. The second kappa shape index (κ2) is 3.09. The summed E-state index contributed by atoms with van der Waals surface area (Å²) in [7, 11) is 0. The number of furan rings is 1. The minimum atomic E-state index is -0.650. The third kappa shape index (κ3) is 1.52. The molecule has 1 heterocycles. The fourth-order valence-electron chi connectivity index (χ4n) is 0.656. The van der Waals surface area contributed by atoms with Crippen molar-refractivity contribution in [3.8, 4) is 5.95 Å². The van der Waals surface area contributed by atoms with Crippen molar-refractivity contribution in [1.82, 2.24) is 0 Å². The normalized spacial score (nSPS) is 9.55. The number of carbonyl (C=O) groups is 1.